The van der Waals surface area contributed by atoms with Crippen LogP contribution in [0.2, 0.25) is 0 Å². The molecule has 7 nitrogen and oxygen atoms in total. The van der Waals surface area contributed by atoms with Crippen LogP contribution in [-0.4, -0.2) is 72.6 Å². The van der Waals surface area contributed by atoms with Crippen LogP contribution in [0.25, 0.3) is 10.8 Å². The largest absolute Gasteiger partial charge is 0.492 e. The molecule has 1 atom stereocenters. The van der Waals surface area contributed by atoms with E-state index in [1.165, 1.54) is 4.90 Å². The number of hydrogen-bond acceptors (Lipinski definition) is 5. The first-order valence-corrected chi connectivity index (χ1v) is 11.8. The molecule has 3 aromatic rings. The minimum atomic E-state index is -1.07. The Kier molecular flexibility index (Phi) is 6.22. The molecule has 0 spiro atoms. The van der Waals surface area contributed by atoms with Crippen LogP contribution >= 0.6 is 0 Å². The Bertz CT molecular complexity index is 1170. The number of hydrogen-bond donors (Lipinski definition) is 1. The SMILES string of the molecule is CC1(c2cccc3ccccc23)NC(=O)N(CN2CCN(CCOc3ccccc3)CC2)C1=O. The van der Waals surface area contributed by atoms with E-state index in [1.807, 2.05) is 72.8 Å². The first kappa shape index (κ1) is 22.4. The molecular formula is C27H30N4O3. The van der Waals surface area contributed by atoms with Gasteiger partial charge < -0.3 is 10.1 Å². The lowest BCUT2D eigenvalue weighted by molar-refractivity contribution is -0.132. The van der Waals surface area contributed by atoms with Crippen molar-refractivity contribution in [2.75, 3.05) is 46.0 Å². The summed E-state index contributed by atoms with van der Waals surface area (Å²) in [7, 11) is 0. The number of para-hydroxylation sites is 1. The molecule has 3 aromatic carbocycles. The lowest BCUT2D eigenvalue weighted by Gasteiger charge is -2.36. The van der Waals surface area contributed by atoms with E-state index >= 15 is 0 Å². The smallest absolute Gasteiger partial charge is 0.326 e. The predicted molar refractivity (Wildman–Crippen MR) is 131 cm³/mol. The predicted octanol–water partition coefficient (Wildman–Crippen LogP) is 3.26. The Morgan fingerprint density at radius 1 is 0.853 bits per heavy atom. The van der Waals surface area contributed by atoms with Crippen LogP contribution in [0.1, 0.15) is 12.5 Å². The molecule has 0 saturated carbocycles. The van der Waals surface area contributed by atoms with Crippen molar-refractivity contribution in [2.24, 2.45) is 0 Å². The molecule has 2 fully saturated rings. The highest BCUT2D eigenvalue weighted by atomic mass is 16.5. The molecule has 0 bridgehead atoms. The first-order valence-electron chi connectivity index (χ1n) is 11.8. The molecule has 2 aliphatic heterocycles. The molecule has 2 saturated heterocycles. The topological polar surface area (TPSA) is 65.1 Å². The average Bonchev–Trinajstić information content (AvgIpc) is 3.09. The fourth-order valence-corrected chi connectivity index (χ4v) is 4.83. The number of carbonyl (C=O) groups excluding carboxylic acids is 2. The van der Waals surface area contributed by atoms with Gasteiger partial charge in [0.2, 0.25) is 0 Å². The second kappa shape index (κ2) is 9.44. The van der Waals surface area contributed by atoms with E-state index in [0.29, 0.717) is 13.3 Å². The number of benzene rings is 3. The minimum Gasteiger partial charge on any atom is -0.492 e. The lowest BCUT2D eigenvalue weighted by Crippen LogP contribution is -2.52. The third kappa shape index (κ3) is 4.36. The number of imide groups is 1. The molecule has 0 radical (unpaired) electrons. The zero-order chi connectivity index (χ0) is 23.5. The van der Waals surface area contributed by atoms with E-state index in [1.54, 1.807) is 6.92 Å². The summed E-state index contributed by atoms with van der Waals surface area (Å²) in [4.78, 5) is 32.2. The minimum absolute atomic E-state index is 0.201. The molecular weight excluding hydrogens is 428 g/mol. The highest BCUT2D eigenvalue weighted by Gasteiger charge is 2.50. The highest BCUT2D eigenvalue weighted by Crippen LogP contribution is 2.34. The molecule has 34 heavy (non-hydrogen) atoms. The van der Waals surface area contributed by atoms with Crippen LogP contribution in [0.5, 0.6) is 5.75 Å². The number of nitrogens with one attached hydrogen (secondary N) is 1. The summed E-state index contributed by atoms with van der Waals surface area (Å²) in [5.41, 5.74) is -0.246. The van der Waals surface area contributed by atoms with Gasteiger partial charge in [-0.1, -0.05) is 60.7 Å². The molecule has 176 valence electrons. The van der Waals surface area contributed by atoms with Crippen LogP contribution in [0.3, 0.4) is 0 Å². The number of ether oxygens (including phenoxy) is 1. The Morgan fingerprint density at radius 2 is 1.53 bits per heavy atom. The highest BCUT2D eigenvalue weighted by molar-refractivity contribution is 6.09. The lowest BCUT2D eigenvalue weighted by atomic mass is 9.88. The van der Waals surface area contributed by atoms with E-state index in [4.69, 9.17) is 4.74 Å². The van der Waals surface area contributed by atoms with E-state index < -0.39 is 5.54 Å². The van der Waals surface area contributed by atoms with Gasteiger partial charge in [-0.15, -0.1) is 0 Å². The molecule has 0 aromatic heterocycles. The summed E-state index contributed by atoms with van der Waals surface area (Å²) in [6, 6.07) is 23.3. The van der Waals surface area contributed by atoms with Crippen LogP contribution in [0, 0.1) is 0 Å². The quantitative estimate of drug-likeness (QED) is 0.551. The van der Waals surface area contributed by atoms with E-state index in [9.17, 15) is 9.59 Å². The van der Waals surface area contributed by atoms with Gasteiger partial charge in [0.25, 0.3) is 5.91 Å². The van der Waals surface area contributed by atoms with Crippen LogP contribution in [-0.2, 0) is 10.3 Å². The average molecular weight is 459 g/mol. The molecule has 1 unspecified atom stereocenters. The summed E-state index contributed by atoms with van der Waals surface area (Å²) in [5.74, 6) is 0.682. The number of urea groups is 1. The van der Waals surface area contributed by atoms with E-state index in [2.05, 4.69) is 15.1 Å². The van der Waals surface area contributed by atoms with Gasteiger partial charge in [0.05, 0.1) is 6.67 Å². The third-order valence-corrected chi connectivity index (χ3v) is 6.83. The summed E-state index contributed by atoms with van der Waals surface area (Å²) >= 11 is 0. The Hall–Kier alpha value is -3.42. The van der Waals surface area contributed by atoms with Gasteiger partial charge in [0.1, 0.15) is 17.9 Å². The Labute approximate surface area is 199 Å². The molecule has 0 aliphatic carbocycles. The maximum absolute atomic E-state index is 13.5. The molecule has 7 heteroatoms. The molecule has 5 rings (SSSR count). The third-order valence-electron chi connectivity index (χ3n) is 6.83. The zero-order valence-corrected chi connectivity index (χ0v) is 19.4. The maximum Gasteiger partial charge on any atom is 0.326 e. The molecule has 3 amide bonds. The van der Waals surface area contributed by atoms with Crippen LogP contribution in [0.15, 0.2) is 72.8 Å². The van der Waals surface area contributed by atoms with Crippen molar-refractivity contribution in [3.05, 3.63) is 78.4 Å². The zero-order valence-electron chi connectivity index (χ0n) is 19.4. The normalized spacial score (nSPS) is 21.7. The molecule has 2 aliphatic rings. The fraction of sp³-hybridized carbons (Fsp3) is 0.333. The van der Waals surface area contributed by atoms with Gasteiger partial charge in [-0.3, -0.25) is 14.6 Å². The second-order valence-electron chi connectivity index (χ2n) is 9.08. The Morgan fingerprint density at radius 3 is 2.32 bits per heavy atom. The van der Waals surface area contributed by atoms with Crippen molar-refractivity contribution in [3.8, 4) is 5.75 Å². The number of nitrogens with zero attached hydrogens (tertiary/aromatic N) is 3. The van der Waals surface area contributed by atoms with Crippen LogP contribution in [0.4, 0.5) is 4.79 Å². The fourth-order valence-electron chi connectivity index (χ4n) is 4.83. The maximum atomic E-state index is 13.5. The summed E-state index contributed by atoms with van der Waals surface area (Å²) in [5, 5.41) is 5.00. The first-order chi connectivity index (χ1) is 16.5. The van der Waals surface area contributed by atoms with E-state index in [0.717, 1.165) is 54.8 Å². The summed E-state index contributed by atoms with van der Waals surface area (Å²) < 4.78 is 5.81. The number of carbonyl (C=O) groups is 2. The van der Waals surface area contributed by atoms with Crippen molar-refractivity contribution < 1.29 is 14.3 Å². The van der Waals surface area contributed by atoms with E-state index in [-0.39, 0.29) is 11.9 Å². The van der Waals surface area contributed by atoms with Gasteiger partial charge in [-0.25, -0.2) is 9.69 Å². The van der Waals surface area contributed by atoms with Crippen molar-refractivity contribution in [1.82, 2.24) is 20.0 Å². The van der Waals surface area contributed by atoms with Crippen LogP contribution < -0.4 is 10.1 Å². The second-order valence-corrected chi connectivity index (χ2v) is 9.08. The summed E-state index contributed by atoms with van der Waals surface area (Å²) in [6.07, 6.45) is 0. The number of piperazine rings is 1. The van der Waals surface area contributed by atoms with Crippen molar-refractivity contribution in [2.45, 2.75) is 12.5 Å². The van der Waals surface area contributed by atoms with Gasteiger partial charge in [0.15, 0.2) is 0 Å². The van der Waals surface area contributed by atoms with Gasteiger partial charge >= 0.3 is 6.03 Å². The molecule has 2 heterocycles. The standard InChI is InChI=1S/C27H30N4O3/c1-27(24-13-7-9-21-8-5-6-12-23(21)24)25(32)31(26(33)28-27)20-30-16-14-29(15-17-30)18-19-34-22-10-3-2-4-11-22/h2-13H,14-20H2,1H3,(H,28,33). The van der Waals surface area contributed by atoms with Gasteiger partial charge in [-0.2, -0.15) is 0 Å². The van der Waals surface area contributed by atoms with Gasteiger partial charge in [0, 0.05) is 32.7 Å². The number of amides is 3. The summed E-state index contributed by atoms with van der Waals surface area (Å²) in [6.45, 7) is 6.95. The number of fused-ring (bicyclic) bond motifs is 1. The van der Waals surface area contributed by atoms with Crippen molar-refractivity contribution in [1.29, 1.82) is 0 Å². The monoisotopic (exact) mass is 458 g/mol. The molecule has 1 N–H and O–H groups in total. The Balaban J connectivity index is 1.18. The number of rotatable bonds is 7. The van der Waals surface area contributed by atoms with Crippen molar-refractivity contribution in [3.63, 3.8) is 0 Å². The van der Waals surface area contributed by atoms with Gasteiger partial charge in [-0.05, 0) is 35.4 Å². The van der Waals surface area contributed by atoms with Crippen molar-refractivity contribution >= 4 is 22.7 Å².